The van der Waals surface area contributed by atoms with Crippen LogP contribution in [0.15, 0.2) is 60.8 Å². The largest absolute Gasteiger partial charge is 0.361 e. The number of carbonyl (C=O) groups is 3. The van der Waals surface area contributed by atoms with E-state index >= 15 is 0 Å². The highest BCUT2D eigenvalue weighted by atomic mass is 16.2. The predicted octanol–water partition coefficient (Wildman–Crippen LogP) is 2.38. The van der Waals surface area contributed by atoms with E-state index in [-0.39, 0.29) is 24.8 Å². The number of hydrogen-bond acceptors (Lipinski definition) is 3. The van der Waals surface area contributed by atoms with Gasteiger partial charge in [-0.25, -0.2) is 4.79 Å². The molecule has 0 radical (unpaired) electrons. The zero-order valence-electron chi connectivity index (χ0n) is 16.6. The molecule has 3 aromatic rings. The van der Waals surface area contributed by atoms with Crippen molar-refractivity contribution in [2.24, 2.45) is 0 Å². The van der Waals surface area contributed by atoms with Crippen LogP contribution in [0.5, 0.6) is 0 Å². The van der Waals surface area contributed by atoms with Crippen molar-refractivity contribution in [3.63, 3.8) is 0 Å². The molecule has 7 nitrogen and oxygen atoms in total. The summed E-state index contributed by atoms with van der Waals surface area (Å²) in [6, 6.07) is 16.5. The fraction of sp³-hybridized carbons (Fsp3) is 0.261. The minimum atomic E-state index is -0.808. The van der Waals surface area contributed by atoms with E-state index in [0.29, 0.717) is 19.4 Å². The molecule has 1 aliphatic heterocycles. The Kier molecular flexibility index (Phi) is 5.79. The van der Waals surface area contributed by atoms with Crippen LogP contribution in [0.1, 0.15) is 17.5 Å². The first-order valence-corrected chi connectivity index (χ1v) is 10.1. The maximum Gasteiger partial charge on any atom is 0.324 e. The maximum atomic E-state index is 12.6. The topological polar surface area (TPSA) is 94.3 Å². The van der Waals surface area contributed by atoms with E-state index in [1.54, 1.807) is 0 Å². The number of nitrogens with one attached hydrogen (secondary N) is 3. The Labute approximate surface area is 174 Å². The number of para-hydroxylation sites is 1. The molecule has 2 heterocycles. The van der Waals surface area contributed by atoms with E-state index < -0.39 is 12.1 Å². The van der Waals surface area contributed by atoms with Crippen LogP contribution in [0.25, 0.3) is 10.9 Å². The summed E-state index contributed by atoms with van der Waals surface area (Å²) in [7, 11) is 0. The molecular weight excluding hydrogens is 380 g/mol. The monoisotopic (exact) mass is 404 g/mol. The third-order valence-electron chi connectivity index (χ3n) is 5.35. The van der Waals surface area contributed by atoms with Crippen LogP contribution in [0.3, 0.4) is 0 Å². The molecule has 4 rings (SSSR count). The molecule has 0 bridgehead atoms. The van der Waals surface area contributed by atoms with Gasteiger partial charge in [0.2, 0.25) is 5.91 Å². The SMILES string of the molecule is O=C(C[C@@H]1NC(=O)N(CCc2c[nH]c3ccccc23)C1=O)NCCc1ccccc1. The number of aromatic nitrogens is 1. The lowest BCUT2D eigenvalue weighted by Gasteiger charge is -2.13. The fourth-order valence-corrected chi connectivity index (χ4v) is 3.75. The van der Waals surface area contributed by atoms with Crippen LogP contribution in [0.2, 0.25) is 0 Å². The van der Waals surface area contributed by atoms with Crippen molar-refractivity contribution < 1.29 is 14.4 Å². The van der Waals surface area contributed by atoms with Crippen molar-refractivity contribution in [1.29, 1.82) is 0 Å². The molecule has 1 aromatic heterocycles. The van der Waals surface area contributed by atoms with E-state index in [1.165, 1.54) is 4.90 Å². The summed E-state index contributed by atoms with van der Waals surface area (Å²) >= 11 is 0. The molecule has 4 amide bonds. The van der Waals surface area contributed by atoms with Gasteiger partial charge in [0.25, 0.3) is 5.91 Å². The van der Waals surface area contributed by atoms with Crippen LogP contribution in [-0.4, -0.2) is 46.9 Å². The van der Waals surface area contributed by atoms with E-state index in [1.807, 2.05) is 60.8 Å². The number of fused-ring (bicyclic) bond motifs is 1. The number of aromatic amines is 1. The Morgan fingerprint density at radius 1 is 1.00 bits per heavy atom. The Hall–Kier alpha value is -3.61. The number of H-pyrrole nitrogens is 1. The van der Waals surface area contributed by atoms with Gasteiger partial charge in [-0.05, 0) is 30.0 Å². The summed E-state index contributed by atoms with van der Waals surface area (Å²) in [5.74, 6) is -0.596. The third kappa shape index (κ3) is 4.35. The van der Waals surface area contributed by atoms with Crippen molar-refractivity contribution in [1.82, 2.24) is 20.5 Å². The number of hydrogen-bond donors (Lipinski definition) is 3. The van der Waals surface area contributed by atoms with E-state index in [9.17, 15) is 14.4 Å². The second-order valence-electron chi connectivity index (χ2n) is 7.39. The summed E-state index contributed by atoms with van der Waals surface area (Å²) in [6.45, 7) is 0.765. The molecule has 0 saturated carbocycles. The van der Waals surface area contributed by atoms with Crippen LogP contribution in [-0.2, 0) is 22.4 Å². The molecule has 1 saturated heterocycles. The van der Waals surface area contributed by atoms with Gasteiger partial charge in [0.1, 0.15) is 6.04 Å². The van der Waals surface area contributed by atoms with Gasteiger partial charge in [-0.1, -0.05) is 48.5 Å². The van der Waals surface area contributed by atoms with Crippen molar-refractivity contribution in [2.75, 3.05) is 13.1 Å². The molecule has 1 atom stereocenters. The molecule has 0 spiro atoms. The van der Waals surface area contributed by atoms with Gasteiger partial charge in [0.05, 0.1) is 6.42 Å². The molecular formula is C23H24N4O3. The highest BCUT2D eigenvalue weighted by Gasteiger charge is 2.38. The average molecular weight is 404 g/mol. The summed E-state index contributed by atoms with van der Waals surface area (Å²) in [6.07, 6.45) is 3.12. The molecule has 1 aliphatic rings. The van der Waals surface area contributed by atoms with Gasteiger partial charge in [-0.3, -0.25) is 14.5 Å². The van der Waals surface area contributed by atoms with Crippen LogP contribution in [0, 0.1) is 0 Å². The Balaban J connectivity index is 1.27. The quantitative estimate of drug-likeness (QED) is 0.503. The van der Waals surface area contributed by atoms with E-state index in [0.717, 1.165) is 22.0 Å². The van der Waals surface area contributed by atoms with Gasteiger partial charge in [0.15, 0.2) is 0 Å². The number of benzene rings is 2. The van der Waals surface area contributed by atoms with Gasteiger partial charge in [-0.2, -0.15) is 0 Å². The second-order valence-corrected chi connectivity index (χ2v) is 7.39. The standard InChI is InChI=1S/C23H24N4O3/c28-21(24-12-10-16-6-2-1-3-7-16)14-20-22(29)27(23(30)26-20)13-11-17-15-25-19-9-5-4-8-18(17)19/h1-9,15,20,25H,10-14H2,(H,24,28)(H,26,30)/t20-/m0/s1. The lowest BCUT2D eigenvalue weighted by Crippen LogP contribution is -2.37. The lowest BCUT2D eigenvalue weighted by atomic mass is 10.1. The van der Waals surface area contributed by atoms with Crippen molar-refractivity contribution in [3.05, 3.63) is 71.9 Å². The Morgan fingerprint density at radius 3 is 2.60 bits per heavy atom. The predicted molar refractivity (Wildman–Crippen MR) is 114 cm³/mol. The van der Waals surface area contributed by atoms with Gasteiger partial charge >= 0.3 is 6.03 Å². The highest BCUT2D eigenvalue weighted by Crippen LogP contribution is 2.19. The summed E-state index contributed by atoms with van der Waals surface area (Å²) < 4.78 is 0. The molecule has 0 unspecified atom stereocenters. The van der Waals surface area contributed by atoms with E-state index in [2.05, 4.69) is 15.6 Å². The number of rotatable bonds is 8. The van der Waals surface area contributed by atoms with Crippen molar-refractivity contribution >= 4 is 28.7 Å². The highest BCUT2D eigenvalue weighted by molar-refractivity contribution is 6.05. The summed E-state index contributed by atoms with van der Waals surface area (Å²) in [4.78, 5) is 41.5. The lowest BCUT2D eigenvalue weighted by molar-refractivity contribution is -0.130. The molecule has 154 valence electrons. The Bertz CT molecular complexity index is 1060. The number of urea groups is 1. The summed E-state index contributed by atoms with van der Waals surface area (Å²) in [5, 5.41) is 6.53. The average Bonchev–Trinajstić information content (AvgIpc) is 3.28. The third-order valence-corrected chi connectivity index (χ3v) is 5.35. The van der Waals surface area contributed by atoms with Crippen molar-refractivity contribution in [2.45, 2.75) is 25.3 Å². The van der Waals surface area contributed by atoms with Gasteiger partial charge < -0.3 is 15.6 Å². The molecule has 2 aromatic carbocycles. The first-order valence-electron chi connectivity index (χ1n) is 10.1. The zero-order valence-corrected chi connectivity index (χ0v) is 16.6. The van der Waals surface area contributed by atoms with E-state index in [4.69, 9.17) is 0 Å². The molecule has 3 N–H and O–H groups in total. The summed E-state index contributed by atoms with van der Waals surface area (Å²) in [5.41, 5.74) is 3.20. The molecule has 7 heteroatoms. The first kappa shape index (κ1) is 19.7. The number of carbonyl (C=O) groups excluding carboxylic acids is 3. The molecule has 1 fully saturated rings. The number of imide groups is 1. The fourth-order valence-electron chi connectivity index (χ4n) is 3.75. The number of amides is 4. The van der Waals surface area contributed by atoms with Crippen LogP contribution < -0.4 is 10.6 Å². The minimum absolute atomic E-state index is 0.0526. The van der Waals surface area contributed by atoms with Gasteiger partial charge in [0, 0.05) is 30.2 Å². The second kappa shape index (κ2) is 8.82. The molecule has 0 aliphatic carbocycles. The maximum absolute atomic E-state index is 12.6. The minimum Gasteiger partial charge on any atom is -0.361 e. The first-order chi connectivity index (χ1) is 14.6. The molecule has 30 heavy (non-hydrogen) atoms. The smallest absolute Gasteiger partial charge is 0.324 e. The van der Waals surface area contributed by atoms with Gasteiger partial charge in [-0.15, -0.1) is 0 Å². The number of nitrogens with zero attached hydrogens (tertiary/aromatic N) is 1. The van der Waals surface area contributed by atoms with Crippen LogP contribution in [0.4, 0.5) is 4.79 Å². The van der Waals surface area contributed by atoms with Crippen LogP contribution >= 0.6 is 0 Å². The van der Waals surface area contributed by atoms with Crippen molar-refractivity contribution in [3.8, 4) is 0 Å². The normalized spacial score (nSPS) is 16.1. The zero-order chi connectivity index (χ0) is 20.9. The Morgan fingerprint density at radius 2 is 1.77 bits per heavy atom.